The van der Waals surface area contributed by atoms with Gasteiger partial charge in [0.05, 0.1) is 23.9 Å². The molecule has 0 atom stereocenters. The lowest BCUT2D eigenvalue weighted by atomic mass is 10.2. The van der Waals surface area contributed by atoms with Crippen LogP contribution in [0.4, 0.5) is 5.69 Å². The molecule has 9 heteroatoms. The number of nitrogens with one attached hydrogen (secondary N) is 1. The minimum Gasteiger partial charge on any atom is -0.322 e. The van der Waals surface area contributed by atoms with Gasteiger partial charge in [-0.3, -0.25) is 9.48 Å². The standard InChI is InChI=1S/C18H14Cl2N6O/c19-14-4-3-5-15(20)13(14)10-25-9-12(8-21-25)22-18(27)11-26-17-7-2-1-6-16(17)23-24-26/h1-9H,10-11H2,(H,22,27). The maximum absolute atomic E-state index is 12.3. The quantitative estimate of drug-likeness (QED) is 0.554. The lowest BCUT2D eigenvalue weighted by Gasteiger charge is -2.07. The van der Waals surface area contributed by atoms with Crippen LogP contribution >= 0.6 is 23.2 Å². The van der Waals surface area contributed by atoms with E-state index in [0.29, 0.717) is 22.3 Å². The van der Waals surface area contributed by atoms with Crippen LogP contribution in [0.3, 0.4) is 0 Å². The van der Waals surface area contributed by atoms with Gasteiger partial charge < -0.3 is 5.32 Å². The first-order chi connectivity index (χ1) is 13.1. The summed E-state index contributed by atoms with van der Waals surface area (Å²) in [4.78, 5) is 12.3. The minimum atomic E-state index is -0.221. The Bertz CT molecular complexity index is 1100. The summed E-state index contributed by atoms with van der Waals surface area (Å²) >= 11 is 12.4. The van der Waals surface area contributed by atoms with Crippen LogP contribution in [0.5, 0.6) is 0 Å². The van der Waals surface area contributed by atoms with Crippen molar-refractivity contribution in [1.82, 2.24) is 24.8 Å². The highest BCUT2D eigenvalue weighted by atomic mass is 35.5. The Morgan fingerprint density at radius 2 is 1.85 bits per heavy atom. The molecule has 1 N–H and O–H groups in total. The summed E-state index contributed by atoms with van der Waals surface area (Å²) in [6.07, 6.45) is 3.29. The van der Waals surface area contributed by atoms with E-state index >= 15 is 0 Å². The molecule has 0 aliphatic rings. The van der Waals surface area contributed by atoms with Crippen molar-refractivity contribution in [2.45, 2.75) is 13.1 Å². The van der Waals surface area contributed by atoms with Gasteiger partial charge in [0, 0.05) is 21.8 Å². The van der Waals surface area contributed by atoms with Gasteiger partial charge in [0.2, 0.25) is 5.91 Å². The summed E-state index contributed by atoms with van der Waals surface area (Å²) in [7, 11) is 0. The number of para-hydroxylation sites is 1. The monoisotopic (exact) mass is 400 g/mol. The SMILES string of the molecule is O=C(Cn1nnc2ccccc21)Nc1cnn(Cc2c(Cl)cccc2Cl)c1. The maximum atomic E-state index is 12.3. The van der Waals surface area contributed by atoms with E-state index < -0.39 is 0 Å². The Morgan fingerprint density at radius 1 is 1.07 bits per heavy atom. The summed E-state index contributed by atoms with van der Waals surface area (Å²) in [5, 5.41) is 16.2. The van der Waals surface area contributed by atoms with E-state index in [4.69, 9.17) is 23.2 Å². The highest BCUT2D eigenvalue weighted by Gasteiger charge is 2.11. The van der Waals surface area contributed by atoms with Crippen molar-refractivity contribution in [2.24, 2.45) is 0 Å². The van der Waals surface area contributed by atoms with Crippen molar-refractivity contribution in [1.29, 1.82) is 0 Å². The van der Waals surface area contributed by atoms with Gasteiger partial charge in [-0.1, -0.05) is 46.6 Å². The molecular weight excluding hydrogens is 387 g/mol. The molecule has 0 aliphatic heterocycles. The van der Waals surface area contributed by atoms with Gasteiger partial charge in [0.15, 0.2) is 0 Å². The molecule has 7 nitrogen and oxygen atoms in total. The van der Waals surface area contributed by atoms with Crippen LogP contribution in [0.15, 0.2) is 54.9 Å². The Balaban J connectivity index is 1.44. The van der Waals surface area contributed by atoms with Crippen molar-refractivity contribution < 1.29 is 4.79 Å². The summed E-state index contributed by atoms with van der Waals surface area (Å²) in [6, 6.07) is 12.8. The number of hydrogen-bond acceptors (Lipinski definition) is 4. The van der Waals surface area contributed by atoms with Gasteiger partial charge in [-0.05, 0) is 24.3 Å². The van der Waals surface area contributed by atoms with Gasteiger partial charge in [-0.2, -0.15) is 5.10 Å². The normalized spacial score (nSPS) is 11.0. The Labute approximate surface area is 164 Å². The number of benzene rings is 2. The minimum absolute atomic E-state index is 0.0576. The highest BCUT2D eigenvalue weighted by Crippen LogP contribution is 2.25. The number of rotatable bonds is 5. The number of halogens is 2. The molecule has 4 rings (SSSR count). The molecular formula is C18H14Cl2N6O. The first kappa shape index (κ1) is 17.5. The van der Waals surface area contributed by atoms with Crippen molar-refractivity contribution in [2.75, 3.05) is 5.32 Å². The predicted octanol–water partition coefficient (Wildman–Crippen LogP) is 3.62. The third-order valence-electron chi connectivity index (χ3n) is 4.01. The third kappa shape index (κ3) is 3.79. The zero-order valence-corrected chi connectivity index (χ0v) is 15.5. The van der Waals surface area contributed by atoms with E-state index in [0.717, 1.165) is 16.6 Å². The molecule has 0 saturated carbocycles. The molecule has 1 amide bonds. The molecule has 136 valence electrons. The average molecular weight is 401 g/mol. The highest BCUT2D eigenvalue weighted by molar-refractivity contribution is 6.35. The fraction of sp³-hybridized carbons (Fsp3) is 0.111. The molecule has 2 aromatic carbocycles. The molecule has 2 heterocycles. The van der Waals surface area contributed by atoms with E-state index in [-0.39, 0.29) is 12.5 Å². The molecule has 2 aromatic heterocycles. The fourth-order valence-corrected chi connectivity index (χ4v) is 3.25. The Kier molecular flexibility index (Phi) is 4.79. The number of carbonyl (C=O) groups excluding carboxylic acids is 1. The number of hydrogen-bond donors (Lipinski definition) is 1. The Morgan fingerprint density at radius 3 is 2.67 bits per heavy atom. The molecule has 0 fully saturated rings. The predicted molar refractivity (Wildman–Crippen MR) is 104 cm³/mol. The number of anilines is 1. The summed E-state index contributed by atoms with van der Waals surface area (Å²) < 4.78 is 3.21. The molecule has 0 unspecified atom stereocenters. The molecule has 0 bridgehead atoms. The lowest BCUT2D eigenvalue weighted by Crippen LogP contribution is -2.19. The molecule has 0 saturated heterocycles. The second-order valence-corrected chi connectivity index (χ2v) is 6.73. The van der Waals surface area contributed by atoms with Crippen LogP contribution in [0.1, 0.15) is 5.56 Å². The second-order valence-electron chi connectivity index (χ2n) is 5.91. The van der Waals surface area contributed by atoms with Gasteiger partial charge >= 0.3 is 0 Å². The van der Waals surface area contributed by atoms with Gasteiger partial charge in [0.1, 0.15) is 12.1 Å². The number of nitrogens with zero attached hydrogens (tertiary/aromatic N) is 5. The molecule has 0 spiro atoms. The number of fused-ring (bicyclic) bond motifs is 1. The topological polar surface area (TPSA) is 77.6 Å². The first-order valence-corrected chi connectivity index (χ1v) is 8.89. The van der Waals surface area contributed by atoms with Crippen molar-refractivity contribution in [3.05, 3.63) is 70.5 Å². The number of amides is 1. The van der Waals surface area contributed by atoms with Gasteiger partial charge in [-0.25, -0.2) is 4.68 Å². The Hall–Kier alpha value is -2.90. The summed E-state index contributed by atoms with van der Waals surface area (Å²) in [5.74, 6) is -0.221. The largest absolute Gasteiger partial charge is 0.322 e. The summed E-state index contributed by atoms with van der Waals surface area (Å²) in [6.45, 7) is 0.462. The zero-order chi connectivity index (χ0) is 18.8. The molecule has 0 radical (unpaired) electrons. The first-order valence-electron chi connectivity index (χ1n) is 8.13. The zero-order valence-electron chi connectivity index (χ0n) is 14.0. The fourth-order valence-electron chi connectivity index (χ4n) is 2.73. The third-order valence-corrected chi connectivity index (χ3v) is 4.72. The van der Waals surface area contributed by atoms with Crippen molar-refractivity contribution >= 4 is 45.8 Å². The smallest absolute Gasteiger partial charge is 0.246 e. The van der Waals surface area contributed by atoms with Crippen LogP contribution in [-0.2, 0) is 17.9 Å². The van der Waals surface area contributed by atoms with Crippen molar-refractivity contribution in [3.8, 4) is 0 Å². The van der Waals surface area contributed by atoms with Gasteiger partial charge in [-0.15, -0.1) is 5.10 Å². The van der Waals surface area contributed by atoms with Crippen LogP contribution in [-0.4, -0.2) is 30.7 Å². The number of aromatic nitrogens is 5. The lowest BCUT2D eigenvalue weighted by molar-refractivity contribution is -0.116. The van der Waals surface area contributed by atoms with Crippen LogP contribution in [0.25, 0.3) is 11.0 Å². The van der Waals surface area contributed by atoms with E-state index in [1.165, 1.54) is 0 Å². The van der Waals surface area contributed by atoms with Crippen LogP contribution < -0.4 is 5.32 Å². The maximum Gasteiger partial charge on any atom is 0.246 e. The van der Waals surface area contributed by atoms with Gasteiger partial charge in [0.25, 0.3) is 0 Å². The molecule has 4 aromatic rings. The van der Waals surface area contributed by atoms with E-state index in [1.807, 2.05) is 24.3 Å². The molecule has 27 heavy (non-hydrogen) atoms. The van der Waals surface area contributed by atoms with E-state index in [2.05, 4.69) is 20.7 Å². The second kappa shape index (κ2) is 7.38. The van der Waals surface area contributed by atoms with Crippen LogP contribution in [0, 0.1) is 0 Å². The number of carbonyl (C=O) groups is 1. The average Bonchev–Trinajstić information content (AvgIpc) is 3.26. The van der Waals surface area contributed by atoms with E-state index in [1.54, 1.807) is 40.0 Å². The van der Waals surface area contributed by atoms with Crippen LogP contribution in [0.2, 0.25) is 10.0 Å². The van der Waals surface area contributed by atoms with E-state index in [9.17, 15) is 4.79 Å². The van der Waals surface area contributed by atoms with Crippen molar-refractivity contribution in [3.63, 3.8) is 0 Å². The molecule has 0 aliphatic carbocycles. The summed E-state index contributed by atoms with van der Waals surface area (Å²) in [5.41, 5.74) is 2.90.